The van der Waals surface area contributed by atoms with Crippen molar-refractivity contribution in [1.82, 2.24) is 4.98 Å². The third kappa shape index (κ3) is 3.22. The average Bonchev–Trinajstić information content (AvgIpc) is 3.31. The highest BCUT2D eigenvalue weighted by atomic mass is 32.2. The van der Waals surface area contributed by atoms with Crippen molar-refractivity contribution in [2.75, 3.05) is 0 Å². The first-order chi connectivity index (χ1) is 12.3. The summed E-state index contributed by atoms with van der Waals surface area (Å²) in [6.07, 6.45) is 0.322. The lowest BCUT2D eigenvalue weighted by Gasteiger charge is -2.09. The van der Waals surface area contributed by atoms with Crippen LogP contribution in [0.3, 0.4) is 0 Å². The summed E-state index contributed by atoms with van der Waals surface area (Å²) < 4.78 is 57.2. The smallest absolute Gasteiger partial charge is 0.258 e. The van der Waals surface area contributed by atoms with Crippen LogP contribution in [0.1, 0.15) is 20.3 Å². The van der Waals surface area contributed by atoms with Crippen molar-refractivity contribution in [2.24, 2.45) is 0 Å². The summed E-state index contributed by atoms with van der Waals surface area (Å²) in [5.74, 6) is -0.0172. The van der Waals surface area contributed by atoms with Crippen molar-refractivity contribution in [1.29, 1.82) is 0 Å². The Morgan fingerprint density at radius 1 is 1.08 bits per heavy atom. The van der Waals surface area contributed by atoms with Gasteiger partial charge in [0.1, 0.15) is 0 Å². The van der Waals surface area contributed by atoms with Crippen LogP contribution in [0.2, 0.25) is 0 Å². The SMILES string of the molecule is CC[C@@H](C)S(=O)(=O)c1oc(-c2cccs2)nc1S(=O)(=O)c1ccccc1. The van der Waals surface area contributed by atoms with Gasteiger partial charge in [-0.05, 0) is 36.9 Å². The van der Waals surface area contributed by atoms with Crippen molar-refractivity contribution in [2.45, 2.75) is 40.5 Å². The highest BCUT2D eigenvalue weighted by Crippen LogP contribution is 2.35. The molecule has 0 saturated heterocycles. The molecular weight excluding hydrogens is 394 g/mol. The van der Waals surface area contributed by atoms with Gasteiger partial charge in [-0.1, -0.05) is 31.2 Å². The molecule has 138 valence electrons. The van der Waals surface area contributed by atoms with E-state index in [2.05, 4.69) is 4.98 Å². The normalized spacial score (nSPS) is 13.6. The zero-order chi connectivity index (χ0) is 18.9. The molecule has 26 heavy (non-hydrogen) atoms. The molecule has 0 spiro atoms. The topological polar surface area (TPSA) is 94.3 Å². The third-order valence-corrected chi connectivity index (χ3v) is 8.82. The predicted molar refractivity (Wildman–Crippen MR) is 98.6 cm³/mol. The molecule has 1 atom stereocenters. The third-order valence-electron chi connectivity index (χ3n) is 3.97. The summed E-state index contributed by atoms with van der Waals surface area (Å²) in [5, 5.41) is -0.184. The van der Waals surface area contributed by atoms with E-state index in [4.69, 9.17) is 4.42 Å². The van der Waals surface area contributed by atoms with Crippen LogP contribution in [0, 0.1) is 0 Å². The fourth-order valence-corrected chi connectivity index (χ4v) is 6.08. The van der Waals surface area contributed by atoms with E-state index < -0.39 is 35.0 Å². The lowest BCUT2D eigenvalue weighted by molar-refractivity contribution is 0.441. The second kappa shape index (κ2) is 6.98. The number of rotatable bonds is 6. The van der Waals surface area contributed by atoms with E-state index in [1.165, 1.54) is 30.4 Å². The molecule has 0 aliphatic rings. The van der Waals surface area contributed by atoms with Gasteiger partial charge in [-0.2, -0.15) is 4.98 Å². The lowest BCUT2D eigenvalue weighted by Crippen LogP contribution is -2.19. The van der Waals surface area contributed by atoms with E-state index in [9.17, 15) is 16.8 Å². The second-order valence-electron chi connectivity index (χ2n) is 5.67. The summed E-state index contributed by atoms with van der Waals surface area (Å²) in [6.45, 7) is 3.23. The molecule has 2 aromatic heterocycles. The minimum atomic E-state index is -4.14. The first kappa shape index (κ1) is 18.8. The Hall–Kier alpha value is -1.97. The first-order valence-electron chi connectivity index (χ1n) is 7.87. The number of thiophene rings is 1. The Labute approximate surface area is 156 Å². The van der Waals surface area contributed by atoms with Crippen LogP contribution in [0.25, 0.3) is 10.8 Å². The molecule has 0 N–H and O–H groups in total. The number of aromatic nitrogens is 1. The van der Waals surface area contributed by atoms with Crippen LogP contribution in [0.5, 0.6) is 0 Å². The van der Waals surface area contributed by atoms with Gasteiger partial charge in [0.2, 0.25) is 30.6 Å². The molecule has 2 heterocycles. The van der Waals surface area contributed by atoms with Gasteiger partial charge in [0.25, 0.3) is 5.09 Å². The minimum absolute atomic E-state index is 0.0172. The van der Waals surface area contributed by atoms with Gasteiger partial charge < -0.3 is 4.42 Å². The number of benzene rings is 1. The molecule has 3 rings (SSSR count). The Morgan fingerprint density at radius 2 is 1.77 bits per heavy atom. The van der Waals surface area contributed by atoms with Crippen molar-refractivity contribution in [3.05, 3.63) is 47.8 Å². The van der Waals surface area contributed by atoms with Crippen molar-refractivity contribution >= 4 is 31.0 Å². The van der Waals surface area contributed by atoms with E-state index in [1.807, 2.05) is 0 Å². The fourth-order valence-electron chi connectivity index (χ4n) is 2.26. The molecule has 0 aliphatic carbocycles. The van der Waals surface area contributed by atoms with Crippen LogP contribution in [-0.4, -0.2) is 27.1 Å². The second-order valence-corrected chi connectivity index (χ2v) is 10.7. The van der Waals surface area contributed by atoms with Crippen LogP contribution in [-0.2, 0) is 19.7 Å². The van der Waals surface area contributed by atoms with Crippen molar-refractivity contribution in [3.8, 4) is 10.8 Å². The summed E-state index contributed by atoms with van der Waals surface area (Å²) in [7, 11) is -8.13. The minimum Gasteiger partial charge on any atom is -0.422 e. The van der Waals surface area contributed by atoms with Gasteiger partial charge >= 0.3 is 0 Å². The maximum atomic E-state index is 13.0. The maximum absolute atomic E-state index is 13.0. The van der Waals surface area contributed by atoms with Crippen molar-refractivity contribution < 1.29 is 21.3 Å². The predicted octanol–water partition coefficient (Wildman–Crippen LogP) is 3.81. The summed E-state index contributed by atoms with van der Waals surface area (Å²) in [5.41, 5.74) is 0. The Morgan fingerprint density at radius 3 is 2.35 bits per heavy atom. The molecule has 0 radical (unpaired) electrons. The average molecular weight is 412 g/mol. The molecule has 1 aromatic carbocycles. The molecule has 0 bridgehead atoms. The highest BCUT2D eigenvalue weighted by Gasteiger charge is 2.37. The van der Waals surface area contributed by atoms with E-state index in [0.29, 0.717) is 11.3 Å². The van der Waals surface area contributed by atoms with Gasteiger partial charge in [-0.3, -0.25) is 0 Å². The molecule has 3 aromatic rings. The summed E-state index contributed by atoms with van der Waals surface area (Å²) >= 11 is 1.28. The number of oxazole rings is 1. The zero-order valence-electron chi connectivity index (χ0n) is 14.1. The van der Waals surface area contributed by atoms with Crippen molar-refractivity contribution in [3.63, 3.8) is 0 Å². The van der Waals surface area contributed by atoms with Crippen LogP contribution < -0.4 is 0 Å². The van der Waals surface area contributed by atoms with Crippen LogP contribution in [0.15, 0.2) is 67.3 Å². The largest absolute Gasteiger partial charge is 0.422 e. The molecule has 0 amide bonds. The molecule has 0 fully saturated rings. The molecule has 0 aliphatic heterocycles. The van der Waals surface area contributed by atoms with Gasteiger partial charge in [0, 0.05) is 0 Å². The van der Waals surface area contributed by atoms with Gasteiger partial charge in [0.15, 0.2) is 0 Å². The van der Waals surface area contributed by atoms with E-state index in [1.54, 1.807) is 42.6 Å². The zero-order valence-corrected chi connectivity index (χ0v) is 16.6. The van der Waals surface area contributed by atoms with Gasteiger partial charge in [-0.25, -0.2) is 16.8 Å². The lowest BCUT2D eigenvalue weighted by atomic mass is 10.4. The number of hydrogen-bond donors (Lipinski definition) is 0. The van der Waals surface area contributed by atoms with Crippen LogP contribution in [0.4, 0.5) is 0 Å². The molecular formula is C17H17NO5S3. The monoisotopic (exact) mass is 411 g/mol. The Bertz CT molecular complexity index is 1100. The molecule has 0 unspecified atom stereocenters. The standard InChI is InChI=1S/C17H17NO5S3/c1-3-12(2)25(19,20)17-16(18-15(23-17)14-10-7-11-24-14)26(21,22)13-8-5-4-6-9-13/h4-12H,3H2,1-2H3/t12-/m1/s1. The number of sulfone groups is 2. The number of hydrogen-bond acceptors (Lipinski definition) is 7. The van der Waals surface area contributed by atoms with Crippen LogP contribution >= 0.6 is 11.3 Å². The summed E-state index contributed by atoms with van der Waals surface area (Å²) in [6, 6.07) is 11.0. The highest BCUT2D eigenvalue weighted by molar-refractivity contribution is 7.94. The fraction of sp³-hybridized carbons (Fsp3) is 0.235. The maximum Gasteiger partial charge on any atom is 0.258 e. The van der Waals surface area contributed by atoms with E-state index >= 15 is 0 Å². The van der Waals surface area contributed by atoms with Gasteiger partial charge in [0.05, 0.1) is 15.0 Å². The Balaban J connectivity index is 2.27. The van der Waals surface area contributed by atoms with E-state index in [-0.39, 0.29) is 10.8 Å². The molecule has 9 heteroatoms. The quantitative estimate of drug-likeness (QED) is 0.612. The molecule has 0 saturated carbocycles. The first-order valence-corrected chi connectivity index (χ1v) is 11.8. The summed E-state index contributed by atoms with van der Waals surface area (Å²) in [4.78, 5) is 4.58. The number of nitrogens with zero attached hydrogens (tertiary/aromatic N) is 1. The van der Waals surface area contributed by atoms with Gasteiger partial charge in [-0.15, -0.1) is 11.3 Å². The molecule has 6 nitrogen and oxygen atoms in total. The Kier molecular flexibility index (Phi) is 5.05. The van der Waals surface area contributed by atoms with E-state index in [0.717, 1.165) is 0 Å².